The number of aliphatic hydroxyl groups is 1. The molecule has 10 nitrogen and oxygen atoms in total. The molecule has 5 aromatic rings. The minimum Gasteiger partial charge on any atom is -0.392 e. The highest BCUT2D eigenvalue weighted by molar-refractivity contribution is 7.99. The average molecular weight is 590 g/mol. The first-order chi connectivity index (χ1) is 20.0. The SMILES string of the molecule is O=S(=O)(Nc1cccc(C2O[C@H](CSc3ncn[nH]3)C[C@H](c3ccc(CO)cc3)O2)c1)c1cccc2cccnc12. The van der Waals surface area contributed by atoms with Crippen LogP contribution in [0.5, 0.6) is 0 Å². The Morgan fingerprint density at radius 2 is 1.80 bits per heavy atom. The zero-order valence-corrected chi connectivity index (χ0v) is 23.4. The Hall–Kier alpha value is -3.81. The topological polar surface area (TPSA) is 139 Å². The summed E-state index contributed by atoms with van der Waals surface area (Å²) in [4.78, 5) is 8.57. The fraction of sp³-hybridized carbons (Fsp3) is 0.207. The summed E-state index contributed by atoms with van der Waals surface area (Å²) in [5.41, 5.74) is 3.23. The van der Waals surface area contributed by atoms with Crippen molar-refractivity contribution in [3.8, 4) is 0 Å². The summed E-state index contributed by atoms with van der Waals surface area (Å²) in [6.07, 6.45) is 2.44. The molecule has 12 heteroatoms. The van der Waals surface area contributed by atoms with E-state index < -0.39 is 16.3 Å². The van der Waals surface area contributed by atoms with Gasteiger partial charge in [-0.2, -0.15) is 5.10 Å². The molecule has 1 aliphatic heterocycles. The van der Waals surface area contributed by atoms with Crippen LogP contribution >= 0.6 is 11.8 Å². The second-order valence-corrected chi connectivity index (χ2v) is 12.2. The van der Waals surface area contributed by atoms with E-state index in [1.807, 2.05) is 42.5 Å². The number of aliphatic hydroxyl groups excluding tert-OH is 1. The summed E-state index contributed by atoms with van der Waals surface area (Å²) in [6, 6.07) is 23.3. The summed E-state index contributed by atoms with van der Waals surface area (Å²) in [5, 5.41) is 17.6. The molecule has 1 unspecified atom stereocenters. The molecule has 0 amide bonds. The van der Waals surface area contributed by atoms with Crippen LogP contribution in [0.2, 0.25) is 0 Å². The lowest BCUT2D eigenvalue weighted by Crippen LogP contribution is -2.31. The molecule has 1 saturated heterocycles. The smallest absolute Gasteiger partial charge is 0.264 e. The van der Waals surface area contributed by atoms with E-state index in [4.69, 9.17) is 9.47 Å². The fourth-order valence-corrected chi connectivity index (χ4v) is 6.74. The van der Waals surface area contributed by atoms with Crippen molar-refractivity contribution in [3.05, 3.63) is 108 Å². The molecule has 2 aromatic heterocycles. The van der Waals surface area contributed by atoms with Crippen LogP contribution in [0.15, 0.2) is 101 Å². The van der Waals surface area contributed by atoms with Crippen molar-refractivity contribution < 1.29 is 23.0 Å². The summed E-state index contributed by atoms with van der Waals surface area (Å²) in [6.45, 7) is -0.0362. The molecule has 3 heterocycles. The number of anilines is 1. The number of thioether (sulfide) groups is 1. The molecule has 41 heavy (non-hydrogen) atoms. The molecule has 0 bridgehead atoms. The maximum absolute atomic E-state index is 13.4. The lowest BCUT2D eigenvalue weighted by atomic mass is 10.0. The summed E-state index contributed by atoms with van der Waals surface area (Å²) < 4.78 is 42.3. The third-order valence-electron chi connectivity index (χ3n) is 6.71. The van der Waals surface area contributed by atoms with Gasteiger partial charge in [-0.15, -0.1) is 0 Å². The van der Waals surface area contributed by atoms with Gasteiger partial charge < -0.3 is 14.6 Å². The number of para-hydroxylation sites is 1. The number of hydrogen-bond acceptors (Lipinski definition) is 9. The van der Waals surface area contributed by atoms with E-state index in [2.05, 4.69) is 24.9 Å². The predicted molar refractivity (Wildman–Crippen MR) is 155 cm³/mol. The van der Waals surface area contributed by atoms with Crippen LogP contribution in [0.25, 0.3) is 10.9 Å². The number of sulfonamides is 1. The van der Waals surface area contributed by atoms with E-state index in [0.717, 1.165) is 16.5 Å². The molecule has 3 N–H and O–H groups in total. The van der Waals surface area contributed by atoms with Crippen molar-refractivity contribution in [2.24, 2.45) is 0 Å². The van der Waals surface area contributed by atoms with Gasteiger partial charge in [-0.3, -0.25) is 14.8 Å². The van der Waals surface area contributed by atoms with Gasteiger partial charge in [0.05, 0.1) is 24.3 Å². The van der Waals surface area contributed by atoms with Crippen molar-refractivity contribution in [3.63, 3.8) is 0 Å². The molecule has 0 radical (unpaired) electrons. The molecular formula is C29H27N5O5S2. The van der Waals surface area contributed by atoms with Crippen molar-refractivity contribution in [2.45, 2.75) is 41.6 Å². The Labute approximate surface area is 241 Å². The third kappa shape index (κ3) is 6.26. The largest absolute Gasteiger partial charge is 0.392 e. The highest BCUT2D eigenvalue weighted by Crippen LogP contribution is 2.40. The second-order valence-electron chi connectivity index (χ2n) is 9.51. The number of rotatable bonds is 9. The molecule has 0 spiro atoms. The van der Waals surface area contributed by atoms with Gasteiger partial charge in [0.1, 0.15) is 11.2 Å². The quantitative estimate of drug-likeness (QED) is 0.203. The van der Waals surface area contributed by atoms with Crippen LogP contribution in [-0.4, -0.2) is 45.5 Å². The zero-order valence-electron chi connectivity index (χ0n) is 21.8. The number of aromatic amines is 1. The van der Waals surface area contributed by atoms with Crippen LogP contribution < -0.4 is 4.72 Å². The predicted octanol–water partition coefficient (Wildman–Crippen LogP) is 4.98. The number of pyridine rings is 1. The van der Waals surface area contributed by atoms with E-state index in [0.29, 0.717) is 34.1 Å². The molecule has 1 aliphatic rings. The van der Waals surface area contributed by atoms with Crippen LogP contribution in [0, 0.1) is 0 Å². The molecule has 0 aliphatic carbocycles. The van der Waals surface area contributed by atoms with Crippen molar-refractivity contribution in [2.75, 3.05) is 10.5 Å². The molecule has 3 atom stereocenters. The Morgan fingerprint density at radius 1 is 0.976 bits per heavy atom. The van der Waals surface area contributed by atoms with Gasteiger partial charge in [0.25, 0.3) is 10.0 Å². The first kappa shape index (κ1) is 27.4. The van der Waals surface area contributed by atoms with Crippen molar-refractivity contribution in [1.29, 1.82) is 0 Å². The summed E-state index contributed by atoms with van der Waals surface area (Å²) >= 11 is 1.50. The first-order valence-electron chi connectivity index (χ1n) is 12.9. The minimum absolute atomic E-state index is 0.0362. The Kier molecular flexibility index (Phi) is 7.99. The van der Waals surface area contributed by atoms with Crippen molar-refractivity contribution >= 4 is 38.4 Å². The highest BCUT2D eigenvalue weighted by atomic mass is 32.2. The number of ether oxygens (including phenoxy) is 2. The lowest BCUT2D eigenvalue weighted by molar-refractivity contribution is -0.245. The second kappa shape index (κ2) is 12.0. The first-order valence-corrected chi connectivity index (χ1v) is 15.4. The van der Waals surface area contributed by atoms with Crippen molar-refractivity contribution in [1.82, 2.24) is 20.2 Å². The molecular weight excluding hydrogens is 562 g/mol. The van der Waals surface area contributed by atoms with E-state index in [9.17, 15) is 13.5 Å². The van der Waals surface area contributed by atoms with Crippen LogP contribution in [0.1, 0.15) is 35.5 Å². The maximum atomic E-state index is 13.4. The molecule has 3 aromatic carbocycles. The Balaban J connectivity index is 1.25. The standard InChI is InChI=1S/C29H27N5O5S2/c35-16-19-9-11-20(12-10-19)25-15-24(17-40-29-31-18-32-33-29)38-28(39-25)22-5-1-7-23(14-22)34-41(36,37)26-8-2-4-21-6-3-13-30-27(21)26/h1-14,18,24-25,28,34-35H,15-17H2,(H,31,32,33)/t24-,25+,28?/m0/s1. The Morgan fingerprint density at radius 3 is 2.61 bits per heavy atom. The van der Waals surface area contributed by atoms with Gasteiger partial charge in [0, 0.05) is 35.0 Å². The molecule has 0 saturated carbocycles. The molecule has 6 rings (SSSR count). The maximum Gasteiger partial charge on any atom is 0.264 e. The average Bonchev–Trinajstić information content (AvgIpc) is 3.53. The van der Waals surface area contributed by atoms with Gasteiger partial charge in [-0.1, -0.05) is 66.4 Å². The highest BCUT2D eigenvalue weighted by Gasteiger charge is 2.32. The van der Waals surface area contributed by atoms with E-state index in [-0.39, 0.29) is 23.7 Å². The van der Waals surface area contributed by atoms with E-state index in [1.54, 1.807) is 42.6 Å². The number of H-pyrrole nitrogens is 1. The number of nitrogens with one attached hydrogen (secondary N) is 2. The van der Waals surface area contributed by atoms with E-state index >= 15 is 0 Å². The number of nitrogens with zero attached hydrogens (tertiary/aromatic N) is 3. The van der Waals surface area contributed by atoms with Gasteiger partial charge >= 0.3 is 0 Å². The van der Waals surface area contributed by atoms with E-state index in [1.165, 1.54) is 18.1 Å². The van der Waals surface area contributed by atoms with Gasteiger partial charge in [0.15, 0.2) is 11.4 Å². The summed E-state index contributed by atoms with van der Waals surface area (Å²) in [5.74, 6) is 0.612. The number of fused-ring (bicyclic) bond motifs is 1. The zero-order chi connectivity index (χ0) is 28.2. The van der Waals surface area contributed by atoms with Gasteiger partial charge in [-0.25, -0.2) is 13.4 Å². The fourth-order valence-electron chi connectivity index (χ4n) is 4.71. The molecule has 1 fully saturated rings. The monoisotopic (exact) mass is 589 g/mol. The number of benzene rings is 3. The number of aromatic nitrogens is 4. The number of hydrogen-bond donors (Lipinski definition) is 3. The Bertz CT molecular complexity index is 1730. The van der Waals surface area contributed by atoms with Crippen LogP contribution in [0.3, 0.4) is 0 Å². The van der Waals surface area contributed by atoms with Crippen LogP contribution in [-0.2, 0) is 26.1 Å². The third-order valence-corrected chi connectivity index (χ3v) is 9.13. The van der Waals surface area contributed by atoms with Gasteiger partial charge in [0.2, 0.25) is 0 Å². The van der Waals surface area contributed by atoms with Gasteiger partial charge in [-0.05, 0) is 35.4 Å². The summed E-state index contributed by atoms with van der Waals surface area (Å²) in [7, 11) is -3.93. The minimum atomic E-state index is -3.93. The normalized spacial score (nSPS) is 19.3. The molecule has 210 valence electrons. The van der Waals surface area contributed by atoms with Crippen LogP contribution in [0.4, 0.5) is 5.69 Å². The lowest BCUT2D eigenvalue weighted by Gasteiger charge is -2.36.